The fraction of sp³-hybridized carbons (Fsp3) is 0.143. The van der Waals surface area contributed by atoms with Gasteiger partial charge in [0.05, 0.1) is 0 Å². The topological polar surface area (TPSA) is 140 Å². The lowest BCUT2D eigenvalue weighted by Crippen LogP contribution is -1.97. The molecule has 0 unspecified atom stereocenters. The van der Waals surface area contributed by atoms with Crippen molar-refractivity contribution in [2.75, 3.05) is 0 Å². The van der Waals surface area contributed by atoms with Crippen molar-refractivity contribution >= 4 is 0 Å². The molecule has 4 aromatic carbocycles. The van der Waals surface area contributed by atoms with Crippen LogP contribution >= 0.6 is 0 Å². The van der Waals surface area contributed by atoms with E-state index >= 15 is 0 Å². The van der Waals surface area contributed by atoms with E-state index in [2.05, 4.69) is 0 Å². The van der Waals surface area contributed by atoms with Gasteiger partial charge in [-0.1, -0.05) is 0 Å². The molecule has 4 aromatic rings. The van der Waals surface area contributed by atoms with Crippen molar-refractivity contribution in [2.24, 2.45) is 0 Å². The predicted molar refractivity (Wildman–Crippen MR) is 131 cm³/mol. The summed E-state index contributed by atoms with van der Waals surface area (Å²) in [5.74, 6) is -0.0657. The summed E-state index contributed by atoms with van der Waals surface area (Å²) in [5.41, 5.74) is 2.43. The lowest BCUT2D eigenvalue weighted by atomic mass is 10.0. The van der Waals surface area contributed by atoms with Crippen LogP contribution in [0.2, 0.25) is 0 Å². The molecule has 5 rings (SSSR count). The molecule has 184 valence electrons. The molecule has 36 heavy (non-hydrogen) atoms. The molecule has 0 aliphatic carbocycles. The van der Waals surface area contributed by atoms with Crippen LogP contribution in [0.1, 0.15) is 22.3 Å². The van der Waals surface area contributed by atoms with Gasteiger partial charge in [0.25, 0.3) is 0 Å². The van der Waals surface area contributed by atoms with Gasteiger partial charge in [-0.2, -0.15) is 0 Å². The van der Waals surface area contributed by atoms with Crippen molar-refractivity contribution in [3.8, 4) is 57.5 Å². The maximum absolute atomic E-state index is 10.4. The second kappa shape index (κ2) is 9.14. The molecule has 8 heteroatoms. The molecule has 0 saturated heterocycles. The molecule has 8 nitrogen and oxygen atoms in total. The minimum absolute atomic E-state index is 0.0141. The van der Waals surface area contributed by atoms with Crippen molar-refractivity contribution in [3.05, 3.63) is 82.9 Å². The van der Waals surface area contributed by atoms with Gasteiger partial charge in [0.1, 0.15) is 34.5 Å². The molecule has 8 bridgehead atoms. The second-order valence-corrected chi connectivity index (χ2v) is 8.77. The van der Waals surface area contributed by atoms with Gasteiger partial charge in [-0.15, -0.1) is 0 Å². The zero-order valence-electron chi connectivity index (χ0n) is 19.1. The molecule has 1 aliphatic heterocycles. The molecule has 0 aromatic heterocycles. The van der Waals surface area contributed by atoms with Gasteiger partial charge >= 0.3 is 0 Å². The summed E-state index contributed by atoms with van der Waals surface area (Å²) >= 11 is 0. The van der Waals surface area contributed by atoms with Crippen molar-refractivity contribution in [3.63, 3.8) is 0 Å². The SMILES string of the molecule is Oc1cc2cc(c1)Oc1cc(c(O)cc1O)CCc1cc(c(O)cc1O)Oc1cc(O)cc(c1)CC2. The lowest BCUT2D eigenvalue weighted by molar-refractivity contribution is 0.396. The molecule has 1 heterocycles. The Morgan fingerprint density at radius 2 is 0.833 bits per heavy atom. The standard InChI is InChI=1S/C28H24O8/c29-19-5-15-1-2-16-6-20(30)12-22(8-16)36-28-10-18(24(32)14-26(28)34)4-3-17-9-27(25(33)13-23(17)31)35-21(7-15)11-19/h5-14,29-34H,1-4H2. The third-order valence-electron chi connectivity index (χ3n) is 6.04. The molecule has 6 N–H and O–H groups in total. The van der Waals surface area contributed by atoms with Gasteiger partial charge in [0.15, 0.2) is 23.0 Å². The van der Waals surface area contributed by atoms with Crippen LogP contribution < -0.4 is 9.47 Å². The van der Waals surface area contributed by atoms with Crippen molar-refractivity contribution < 1.29 is 40.1 Å². The van der Waals surface area contributed by atoms with E-state index in [1.165, 1.54) is 36.4 Å². The molecule has 0 saturated carbocycles. The van der Waals surface area contributed by atoms with E-state index in [-0.39, 0.29) is 58.8 Å². The van der Waals surface area contributed by atoms with Gasteiger partial charge in [0, 0.05) is 24.3 Å². The van der Waals surface area contributed by atoms with Gasteiger partial charge in [-0.25, -0.2) is 0 Å². The molecular weight excluding hydrogens is 464 g/mol. The van der Waals surface area contributed by atoms with Crippen molar-refractivity contribution in [1.29, 1.82) is 0 Å². The number of rotatable bonds is 0. The number of phenolic OH excluding ortho intramolecular Hbond substituents is 6. The van der Waals surface area contributed by atoms with E-state index in [1.807, 2.05) is 0 Å². The highest BCUT2D eigenvalue weighted by Crippen LogP contribution is 2.40. The van der Waals surface area contributed by atoms with Crippen LogP contribution in [-0.4, -0.2) is 30.6 Å². The maximum atomic E-state index is 10.4. The molecule has 0 amide bonds. The summed E-state index contributed by atoms with van der Waals surface area (Å²) in [6, 6.07) is 14.9. The Bertz CT molecular complexity index is 1350. The normalized spacial score (nSPS) is 13.1. The first-order valence-electron chi connectivity index (χ1n) is 11.3. The number of aryl methyl sites for hydroxylation is 4. The highest BCUT2D eigenvalue weighted by atomic mass is 16.5. The molecular formula is C28H24O8. The average Bonchev–Trinajstić information content (AvgIpc) is 2.80. The summed E-state index contributed by atoms with van der Waals surface area (Å²) in [6.45, 7) is 0. The number of fused-ring (bicyclic) bond motifs is 8. The Hall–Kier alpha value is -4.72. The molecule has 1 aliphatic rings. The van der Waals surface area contributed by atoms with E-state index in [4.69, 9.17) is 9.47 Å². The van der Waals surface area contributed by atoms with Crippen molar-refractivity contribution in [1.82, 2.24) is 0 Å². The maximum Gasteiger partial charge on any atom is 0.169 e. The minimum atomic E-state index is -0.272. The van der Waals surface area contributed by atoms with Crippen LogP contribution in [0.3, 0.4) is 0 Å². The summed E-state index contributed by atoms with van der Waals surface area (Å²) in [4.78, 5) is 0. The van der Waals surface area contributed by atoms with Gasteiger partial charge in [0.2, 0.25) is 0 Å². The molecule has 0 atom stereocenters. The molecule has 0 spiro atoms. The lowest BCUT2D eigenvalue weighted by Gasteiger charge is -2.15. The number of hydrogen-bond donors (Lipinski definition) is 6. The highest BCUT2D eigenvalue weighted by Gasteiger charge is 2.16. The fourth-order valence-corrected chi connectivity index (χ4v) is 4.27. The van der Waals surface area contributed by atoms with Crippen LogP contribution in [0, 0.1) is 0 Å². The predicted octanol–water partition coefficient (Wildman–Crippen LogP) is 5.39. The highest BCUT2D eigenvalue weighted by molar-refractivity contribution is 5.54. The number of ether oxygens (including phenoxy) is 2. The minimum Gasteiger partial charge on any atom is -0.508 e. The zero-order chi connectivity index (χ0) is 25.4. The van der Waals surface area contributed by atoms with Crippen LogP contribution in [0.4, 0.5) is 0 Å². The Kier molecular flexibility index (Phi) is 5.85. The first kappa shape index (κ1) is 23.0. The van der Waals surface area contributed by atoms with E-state index in [0.29, 0.717) is 35.5 Å². The summed E-state index contributed by atoms with van der Waals surface area (Å²) in [5, 5.41) is 61.9. The first-order chi connectivity index (χ1) is 17.2. The van der Waals surface area contributed by atoms with E-state index in [9.17, 15) is 30.6 Å². The molecule has 0 radical (unpaired) electrons. The van der Waals surface area contributed by atoms with E-state index in [1.54, 1.807) is 24.3 Å². The second-order valence-electron chi connectivity index (χ2n) is 8.77. The van der Waals surface area contributed by atoms with Gasteiger partial charge < -0.3 is 40.1 Å². The van der Waals surface area contributed by atoms with E-state index in [0.717, 1.165) is 11.1 Å². The van der Waals surface area contributed by atoms with Crippen molar-refractivity contribution in [2.45, 2.75) is 25.7 Å². The van der Waals surface area contributed by atoms with Crippen LogP contribution in [0.15, 0.2) is 60.7 Å². The average molecular weight is 488 g/mol. The van der Waals surface area contributed by atoms with Gasteiger partial charge in [-0.3, -0.25) is 0 Å². The van der Waals surface area contributed by atoms with Crippen LogP contribution in [0.25, 0.3) is 0 Å². The Labute approximate surface area is 206 Å². The Morgan fingerprint density at radius 1 is 0.417 bits per heavy atom. The van der Waals surface area contributed by atoms with Crippen LogP contribution in [-0.2, 0) is 25.7 Å². The number of benzene rings is 4. The number of hydrogen-bond acceptors (Lipinski definition) is 8. The largest absolute Gasteiger partial charge is 0.508 e. The smallest absolute Gasteiger partial charge is 0.169 e. The fourth-order valence-electron chi connectivity index (χ4n) is 4.27. The third kappa shape index (κ3) is 4.88. The third-order valence-corrected chi connectivity index (χ3v) is 6.04. The van der Waals surface area contributed by atoms with E-state index < -0.39 is 0 Å². The Morgan fingerprint density at radius 3 is 1.25 bits per heavy atom. The molecule has 0 fully saturated rings. The zero-order valence-corrected chi connectivity index (χ0v) is 19.1. The number of aromatic hydroxyl groups is 6. The Balaban J connectivity index is 1.61. The summed E-state index contributed by atoms with van der Waals surface area (Å²) < 4.78 is 11.7. The monoisotopic (exact) mass is 488 g/mol. The van der Waals surface area contributed by atoms with Crippen LogP contribution in [0.5, 0.6) is 57.5 Å². The first-order valence-corrected chi connectivity index (χ1v) is 11.3. The number of phenols is 6. The van der Waals surface area contributed by atoms with Gasteiger partial charge in [-0.05, 0) is 84.3 Å². The summed E-state index contributed by atoms with van der Waals surface area (Å²) in [6.07, 6.45) is 1.52. The quantitative estimate of drug-likeness (QED) is 0.194. The summed E-state index contributed by atoms with van der Waals surface area (Å²) in [7, 11) is 0.